The van der Waals surface area contributed by atoms with Crippen molar-refractivity contribution >= 4 is 16.7 Å². The first-order valence-corrected chi connectivity index (χ1v) is 7.46. The Labute approximate surface area is 127 Å². The van der Waals surface area contributed by atoms with Crippen LogP contribution in [0, 0.1) is 0 Å². The molecule has 1 aromatic carbocycles. The Morgan fingerprint density at radius 1 is 1.29 bits per heavy atom. The Morgan fingerprint density at radius 3 is 2.71 bits per heavy atom. The number of nitrogens with one attached hydrogen (secondary N) is 1. The highest BCUT2D eigenvalue weighted by molar-refractivity contribution is 5.81. The number of ether oxygens (including phenoxy) is 1. The fraction of sp³-hybridized carbons (Fsp3) is 0.471. The van der Waals surface area contributed by atoms with Crippen LogP contribution in [0.15, 0.2) is 30.3 Å². The second-order valence-corrected chi connectivity index (χ2v) is 5.47. The molecule has 0 atom stereocenters. The van der Waals surface area contributed by atoms with Crippen LogP contribution in [0.1, 0.15) is 19.4 Å². The van der Waals surface area contributed by atoms with Gasteiger partial charge in [0.05, 0.1) is 12.1 Å². The van der Waals surface area contributed by atoms with Gasteiger partial charge in [-0.25, -0.2) is 4.98 Å². The molecular formula is C17H25N3O. The Morgan fingerprint density at radius 2 is 2.05 bits per heavy atom. The minimum absolute atomic E-state index is 0.379. The summed E-state index contributed by atoms with van der Waals surface area (Å²) in [7, 11) is 3.70. The zero-order chi connectivity index (χ0) is 15.2. The zero-order valence-electron chi connectivity index (χ0n) is 13.4. The smallest absolute Gasteiger partial charge is 0.134 e. The first-order valence-electron chi connectivity index (χ1n) is 7.46. The van der Waals surface area contributed by atoms with Crippen LogP contribution in [-0.2, 0) is 11.3 Å². The summed E-state index contributed by atoms with van der Waals surface area (Å²) >= 11 is 0. The lowest BCUT2D eigenvalue weighted by molar-refractivity contribution is 0.203. The third-order valence-corrected chi connectivity index (χ3v) is 3.58. The second kappa shape index (κ2) is 7.38. The monoisotopic (exact) mass is 287 g/mol. The maximum absolute atomic E-state index is 5.25. The van der Waals surface area contributed by atoms with Gasteiger partial charge in [0.1, 0.15) is 5.82 Å². The molecule has 4 heteroatoms. The lowest BCUT2D eigenvalue weighted by Gasteiger charge is -2.30. The van der Waals surface area contributed by atoms with Crippen molar-refractivity contribution < 1.29 is 4.74 Å². The molecule has 0 amide bonds. The summed E-state index contributed by atoms with van der Waals surface area (Å²) < 4.78 is 5.25. The average molecular weight is 287 g/mol. The van der Waals surface area contributed by atoms with Gasteiger partial charge in [-0.2, -0.15) is 0 Å². The first kappa shape index (κ1) is 15.7. The molecule has 2 aromatic rings. The van der Waals surface area contributed by atoms with Crippen molar-refractivity contribution in [3.63, 3.8) is 0 Å². The molecule has 0 fully saturated rings. The van der Waals surface area contributed by atoms with Gasteiger partial charge in [-0.05, 0) is 33.0 Å². The van der Waals surface area contributed by atoms with E-state index in [4.69, 9.17) is 9.72 Å². The maximum atomic E-state index is 5.25. The zero-order valence-corrected chi connectivity index (χ0v) is 13.4. The van der Waals surface area contributed by atoms with E-state index >= 15 is 0 Å². The van der Waals surface area contributed by atoms with Crippen LogP contribution in [0.25, 0.3) is 10.9 Å². The third-order valence-electron chi connectivity index (χ3n) is 3.58. The largest absolute Gasteiger partial charge is 0.383 e. The minimum atomic E-state index is 0.379. The van der Waals surface area contributed by atoms with E-state index in [-0.39, 0.29) is 0 Å². The van der Waals surface area contributed by atoms with Crippen LogP contribution >= 0.6 is 0 Å². The number of para-hydroxylation sites is 1. The van der Waals surface area contributed by atoms with Crippen LogP contribution in [0.4, 0.5) is 5.82 Å². The Bertz CT molecular complexity index is 583. The molecule has 1 N–H and O–H groups in total. The summed E-state index contributed by atoms with van der Waals surface area (Å²) in [5, 5.41) is 4.42. The van der Waals surface area contributed by atoms with Gasteiger partial charge < -0.3 is 15.0 Å². The van der Waals surface area contributed by atoms with E-state index in [1.165, 1.54) is 10.9 Å². The number of fused-ring (bicyclic) bond motifs is 1. The van der Waals surface area contributed by atoms with Gasteiger partial charge >= 0.3 is 0 Å². The fourth-order valence-corrected chi connectivity index (χ4v) is 2.52. The van der Waals surface area contributed by atoms with Crippen molar-refractivity contribution in [3.8, 4) is 0 Å². The van der Waals surface area contributed by atoms with Gasteiger partial charge in [0, 0.05) is 37.2 Å². The van der Waals surface area contributed by atoms with E-state index in [2.05, 4.69) is 48.3 Å². The molecule has 2 rings (SSSR count). The predicted octanol–water partition coefficient (Wildman–Crippen LogP) is 2.82. The molecule has 0 bridgehead atoms. The van der Waals surface area contributed by atoms with Crippen molar-refractivity contribution in [3.05, 3.63) is 35.9 Å². The van der Waals surface area contributed by atoms with Crippen molar-refractivity contribution in [2.45, 2.75) is 26.4 Å². The second-order valence-electron chi connectivity index (χ2n) is 5.47. The number of pyridine rings is 1. The van der Waals surface area contributed by atoms with Crippen LogP contribution in [0.5, 0.6) is 0 Å². The number of anilines is 1. The minimum Gasteiger partial charge on any atom is -0.383 e. The normalized spacial score (nSPS) is 11.3. The van der Waals surface area contributed by atoms with Gasteiger partial charge in [-0.3, -0.25) is 0 Å². The number of benzene rings is 1. The molecule has 0 spiro atoms. The van der Waals surface area contributed by atoms with Gasteiger partial charge in [-0.15, -0.1) is 0 Å². The summed E-state index contributed by atoms with van der Waals surface area (Å²) in [6, 6.07) is 10.9. The van der Waals surface area contributed by atoms with Crippen molar-refractivity contribution in [1.82, 2.24) is 10.3 Å². The molecule has 0 aliphatic carbocycles. The average Bonchev–Trinajstić information content (AvgIpc) is 2.48. The predicted molar refractivity (Wildman–Crippen MR) is 88.9 cm³/mol. The number of hydrogen-bond donors (Lipinski definition) is 1. The number of nitrogens with zero attached hydrogens (tertiary/aromatic N) is 2. The SMILES string of the molecule is CNCc1cc2ccccc2nc1N(CCOC)C(C)C. The molecule has 0 saturated carbocycles. The highest BCUT2D eigenvalue weighted by Crippen LogP contribution is 2.25. The molecule has 4 nitrogen and oxygen atoms in total. The fourth-order valence-electron chi connectivity index (χ4n) is 2.52. The quantitative estimate of drug-likeness (QED) is 0.849. The molecule has 1 aromatic heterocycles. The molecule has 21 heavy (non-hydrogen) atoms. The molecule has 0 unspecified atom stereocenters. The molecular weight excluding hydrogens is 262 g/mol. The van der Waals surface area contributed by atoms with E-state index in [1.807, 2.05) is 13.1 Å². The van der Waals surface area contributed by atoms with Crippen molar-refractivity contribution in [2.24, 2.45) is 0 Å². The molecule has 0 saturated heterocycles. The summed E-state index contributed by atoms with van der Waals surface area (Å²) in [5.74, 6) is 1.05. The Balaban J connectivity index is 2.49. The summed E-state index contributed by atoms with van der Waals surface area (Å²) in [6.07, 6.45) is 0. The van der Waals surface area contributed by atoms with Gasteiger partial charge in [0.15, 0.2) is 0 Å². The molecule has 0 aliphatic heterocycles. The topological polar surface area (TPSA) is 37.4 Å². The van der Waals surface area contributed by atoms with Crippen LogP contribution < -0.4 is 10.2 Å². The summed E-state index contributed by atoms with van der Waals surface area (Å²) in [4.78, 5) is 7.21. The van der Waals surface area contributed by atoms with Gasteiger partial charge in [-0.1, -0.05) is 18.2 Å². The van der Waals surface area contributed by atoms with Crippen molar-refractivity contribution in [2.75, 3.05) is 32.2 Å². The highest BCUT2D eigenvalue weighted by Gasteiger charge is 2.16. The summed E-state index contributed by atoms with van der Waals surface area (Å²) in [6.45, 7) is 6.73. The van der Waals surface area contributed by atoms with Crippen LogP contribution in [0.3, 0.4) is 0 Å². The van der Waals surface area contributed by atoms with Gasteiger partial charge in [0.25, 0.3) is 0 Å². The number of methoxy groups -OCH3 is 1. The molecule has 0 aliphatic rings. The standard InChI is InChI=1S/C17H25N3O/c1-13(2)20(9-10-21-4)17-15(12-18-3)11-14-7-5-6-8-16(14)19-17/h5-8,11,13,18H,9-10,12H2,1-4H3. The third kappa shape index (κ3) is 3.71. The van der Waals surface area contributed by atoms with Crippen LogP contribution in [-0.4, -0.2) is 38.3 Å². The van der Waals surface area contributed by atoms with Crippen molar-refractivity contribution in [1.29, 1.82) is 0 Å². The van der Waals surface area contributed by atoms with E-state index in [0.717, 1.165) is 24.4 Å². The molecule has 0 radical (unpaired) electrons. The molecule has 114 valence electrons. The Kier molecular flexibility index (Phi) is 5.53. The molecule has 1 heterocycles. The van der Waals surface area contributed by atoms with E-state index < -0.39 is 0 Å². The number of aromatic nitrogens is 1. The van der Waals surface area contributed by atoms with Crippen LogP contribution in [0.2, 0.25) is 0 Å². The lowest BCUT2D eigenvalue weighted by atomic mass is 10.1. The first-order chi connectivity index (χ1) is 10.2. The highest BCUT2D eigenvalue weighted by atomic mass is 16.5. The van der Waals surface area contributed by atoms with Gasteiger partial charge in [0.2, 0.25) is 0 Å². The van der Waals surface area contributed by atoms with E-state index in [9.17, 15) is 0 Å². The maximum Gasteiger partial charge on any atom is 0.134 e. The summed E-state index contributed by atoms with van der Waals surface area (Å²) in [5.41, 5.74) is 2.26. The van der Waals surface area contributed by atoms with E-state index in [1.54, 1.807) is 7.11 Å². The number of hydrogen-bond acceptors (Lipinski definition) is 4. The van der Waals surface area contributed by atoms with E-state index in [0.29, 0.717) is 12.6 Å². The Hall–Kier alpha value is -1.65. The number of rotatable bonds is 7. The lowest BCUT2D eigenvalue weighted by Crippen LogP contribution is -2.35.